The average molecular weight is 246 g/mol. The molecule has 1 amide bonds. The molecule has 0 bridgehead atoms. The predicted molar refractivity (Wildman–Crippen MR) is 73.3 cm³/mol. The number of nitrogens with one attached hydrogen (secondary N) is 1. The summed E-state index contributed by atoms with van der Waals surface area (Å²) in [6, 6.07) is 6.64. The number of carbonyl (C=O) groups is 1. The number of carbonyl (C=O) groups excluding carboxylic acids is 1. The normalized spacial score (nSPS) is 16.4. The Balaban J connectivity index is 2.04. The number of rotatable bonds is 5. The van der Waals surface area contributed by atoms with Crippen LogP contribution in [-0.4, -0.2) is 18.5 Å². The minimum atomic E-state index is -0.105. The summed E-state index contributed by atoms with van der Waals surface area (Å²) in [5.41, 5.74) is 9.52. The fourth-order valence-electron chi connectivity index (χ4n) is 2.13. The van der Waals surface area contributed by atoms with Crippen LogP contribution in [-0.2, 0) is 11.2 Å². The van der Waals surface area contributed by atoms with E-state index >= 15 is 0 Å². The zero-order valence-corrected chi connectivity index (χ0v) is 11.2. The molecule has 1 fully saturated rings. The number of aryl methyl sites for hydroxylation is 1. The average Bonchev–Trinajstić information content (AvgIpc) is 3.14. The summed E-state index contributed by atoms with van der Waals surface area (Å²) in [6.07, 6.45) is 2.97. The second kappa shape index (κ2) is 5.53. The lowest BCUT2D eigenvalue weighted by Gasteiger charge is -2.16. The molecule has 0 heterocycles. The standard InChI is InChI=1S/C15H22N2O/c1-10-4-3-5-12(11(10)2)8-13(9-16)15(18)17-14-6-7-14/h3-5,13-14H,6-9,16H2,1-2H3,(H,17,18). The third kappa shape index (κ3) is 3.10. The van der Waals surface area contributed by atoms with Gasteiger partial charge in [-0.25, -0.2) is 0 Å². The van der Waals surface area contributed by atoms with Gasteiger partial charge in [-0.1, -0.05) is 18.2 Å². The largest absolute Gasteiger partial charge is 0.353 e. The summed E-state index contributed by atoms with van der Waals surface area (Å²) in [5.74, 6) is 0.00649. The Morgan fingerprint density at radius 1 is 1.44 bits per heavy atom. The van der Waals surface area contributed by atoms with Crippen molar-refractivity contribution in [1.82, 2.24) is 5.32 Å². The Morgan fingerprint density at radius 3 is 2.78 bits per heavy atom. The highest BCUT2D eigenvalue weighted by atomic mass is 16.2. The minimum absolute atomic E-state index is 0.105. The van der Waals surface area contributed by atoms with Crippen LogP contribution in [0.1, 0.15) is 29.5 Å². The van der Waals surface area contributed by atoms with Crippen LogP contribution in [0.15, 0.2) is 18.2 Å². The van der Waals surface area contributed by atoms with Gasteiger partial charge in [0.1, 0.15) is 0 Å². The number of amides is 1. The van der Waals surface area contributed by atoms with Crippen molar-refractivity contribution in [3.63, 3.8) is 0 Å². The third-order valence-corrected chi connectivity index (χ3v) is 3.76. The predicted octanol–water partition coefficient (Wildman–Crippen LogP) is 1.70. The Hall–Kier alpha value is -1.35. The Bertz CT molecular complexity index is 438. The number of hydrogen-bond donors (Lipinski definition) is 2. The summed E-state index contributed by atoms with van der Waals surface area (Å²) < 4.78 is 0. The van der Waals surface area contributed by atoms with Gasteiger partial charge in [-0.2, -0.15) is 0 Å². The fraction of sp³-hybridized carbons (Fsp3) is 0.533. The molecule has 98 valence electrons. The number of nitrogens with two attached hydrogens (primary N) is 1. The monoisotopic (exact) mass is 246 g/mol. The lowest BCUT2D eigenvalue weighted by atomic mass is 9.93. The second-order valence-electron chi connectivity index (χ2n) is 5.28. The lowest BCUT2D eigenvalue weighted by molar-refractivity contribution is -0.124. The number of benzene rings is 1. The van der Waals surface area contributed by atoms with E-state index in [-0.39, 0.29) is 11.8 Å². The van der Waals surface area contributed by atoms with Crippen LogP contribution in [0.4, 0.5) is 0 Å². The molecule has 3 nitrogen and oxygen atoms in total. The maximum atomic E-state index is 12.0. The van der Waals surface area contributed by atoms with Crippen LogP contribution in [0.2, 0.25) is 0 Å². The zero-order chi connectivity index (χ0) is 13.1. The molecule has 1 saturated carbocycles. The topological polar surface area (TPSA) is 55.1 Å². The van der Waals surface area contributed by atoms with E-state index < -0.39 is 0 Å². The van der Waals surface area contributed by atoms with Crippen LogP contribution in [0.3, 0.4) is 0 Å². The van der Waals surface area contributed by atoms with Gasteiger partial charge in [0.15, 0.2) is 0 Å². The van der Waals surface area contributed by atoms with Crippen molar-refractivity contribution in [3.8, 4) is 0 Å². The molecular formula is C15H22N2O. The van der Waals surface area contributed by atoms with Crippen molar-refractivity contribution < 1.29 is 4.79 Å². The number of hydrogen-bond acceptors (Lipinski definition) is 2. The van der Waals surface area contributed by atoms with Crippen LogP contribution in [0, 0.1) is 19.8 Å². The first kappa shape index (κ1) is 13.1. The van der Waals surface area contributed by atoms with Crippen molar-refractivity contribution in [1.29, 1.82) is 0 Å². The molecule has 0 aliphatic heterocycles. The van der Waals surface area contributed by atoms with E-state index in [9.17, 15) is 4.79 Å². The van der Waals surface area contributed by atoms with E-state index in [0.29, 0.717) is 12.6 Å². The molecule has 1 aliphatic carbocycles. The minimum Gasteiger partial charge on any atom is -0.353 e. The molecule has 2 rings (SSSR count). The lowest BCUT2D eigenvalue weighted by Crippen LogP contribution is -2.37. The van der Waals surface area contributed by atoms with Crippen molar-refractivity contribution in [2.75, 3.05) is 6.54 Å². The van der Waals surface area contributed by atoms with Crippen LogP contribution >= 0.6 is 0 Å². The molecule has 0 spiro atoms. The molecule has 3 heteroatoms. The second-order valence-corrected chi connectivity index (χ2v) is 5.28. The Morgan fingerprint density at radius 2 is 2.17 bits per heavy atom. The van der Waals surface area contributed by atoms with E-state index in [4.69, 9.17) is 5.73 Å². The van der Waals surface area contributed by atoms with E-state index in [1.54, 1.807) is 0 Å². The summed E-state index contributed by atoms with van der Waals surface area (Å²) in [7, 11) is 0. The van der Waals surface area contributed by atoms with Gasteiger partial charge in [-0.15, -0.1) is 0 Å². The molecule has 3 N–H and O–H groups in total. The van der Waals surface area contributed by atoms with Gasteiger partial charge in [0, 0.05) is 12.6 Å². The van der Waals surface area contributed by atoms with Crippen molar-refractivity contribution >= 4 is 5.91 Å². The summed E-state index contributed by atoms with van der Waals surface area (Å²) in [6.45, 7) is 4.61. The molecule has 1 aliphatic rings. The van der Waals surface area contributed by atoms with Gasteiger partial charge < -0.3 is 11.1 Å². The first-order chi connectivity index (χ1) is 8.61. The van der Waals surface area contributed by atoms with E-state index in [0.717, 1.165) is 19.3 Å². The van der Waals surface area contributed by atoms with E-state index in [1.165, 1.54) is 16.7 Å². The quantitative estimate of drug-likeness (QED) is 0.831. The smallest absolute Gasteiger partial charge is 0.224 e. The van der Waals surface area contributed by atoms with E-state index in [1.807, 2.05) is 6.07 Å². The Labute approximate surface area is 109 Å². The van der Waals surface area contributed by atoms with Gasteiger partial charge in [0.2, 0.25) is 5.91 Å². The van der Waals surface area contributed by atoms with Gasteiger partial charge in [0.25, 0.3) is 0 Å². The first-order valence-electron chi connectivity index (χ1n) is 6.67. The van der Waals surface area contributed by atoms with Crippen LogP contribution in [0.5, 0.6) is 0 Å². The summed E-state index contributed by atoms with van der Waals surface area (Å²) >= 11 is 0. The third-order valence-electron chi connectivity index (χ3n) is 3.76. The van der Waals surface area contributed by atoms with Crippen LogP contribution < -0.4 is 11.1 Å². The van der Waals surface area contributed by atoms with Gasteiger partial charge in [-0.3, -0.25) is 4.79 Å². The molecule has 1 aromatic carbocycles. The molecule has 0 radical (unpaired) electrons. The van der Waals surface area contributed by atoms with Crippen molar-refractivity contribution in [3.05, 3.63) is 34.9 Å². The molecule has 1 unspecified atom stereocenters. The molecular weight excluding hydrogens is 224 g/mol. The molecule has 18 heavy (non-hydrogen) atoms. The maximum absolute atomic E-state index is 12.0. The first-order valence-corrected chi connectivity index (χ1v) is 6.67. The summed E-state index contributed by atoms with van der Waals surface area (Å²) in [5, 5.41) is 3.04. The van der Waals surface area contributed by atoms with Gasteiger partial charge in [0.05, 0.1) is 5.92 Å². The molecule has 1 atom stereocenters. The summed E-state index contributed by atoms with van der Waals surface area (Å²) in [4.78, 5) is 12.0. The molecule has 1 aromatic rings. The van der Waals surface area contributed by atoms with Crippen molar-refractivity contribution in [2.45, 2.75) is 39.2 Å². The zero-order valence-electron chi connectivity index (χ0n) is 11.2. The van der Waals surface area contributed by atoms with Crippen molar-refractivity contribution in [2.24, 2.45) is 11.7 Å². The highest BCUT2D eigenvalue weighted by Crippen LogP contribution is 2.21. The fourth-order valence-corrected chi connectivity index (χ4v) is 2.13. The molecule has 0 saturated heterocycles. The maximum Gasteiger partial charge on any atom is 0.224 e. The van der Waals surface area contributed by atoms with Gasteiger partial charge in [-0.05, 0) is 49.8 Å². The highest BCUT2D eigenvalue weighted by Gasteiger charge is 2.27. The Kier molecular flexibility index (Phi) is 4.02. The van der Waals surface area contributed by atoms with Crippen LogP contribution in [0.25, 0.3) is 0 Å². The SMILES string of the molecule is Cc1cccc(CC(CN)C(=O)NC2CC2)c1C. The molecule has 0 aromatic heterocycles. The van der Waals surface area contributed by atoms with Gasteiger partial charge >= 0.3 is 0 Å². The van der Waals surface area contributed by atoms with E-state index in [2.05, 4.69) is 31.3 Å². The highest BCUT2D eigenvalue weighted by molar-refractivity contribution is 5.79.